The first-order valence-corrected chi connectivity index (χ1v) is 12.2. The maximum Gasteiger partial charge on any atom is 0.265 e. The highest BCUT2D eigenvalue weighted by atomic mass is 32.2. The molecule has 0 spiro atoms. The Labute approximate surface area is 188 Å². The molecule has 0 aromatic heterocycles. The Kier molecular flexibility index (Phi) is 6.21. The average Bonchev–Trinajstić information content (AvgIpc) is 3.32. The Bertz CT molecular complexity index is 1120. The van der Waals surface area contributed by atoms with Crippen molar-refractivity contribution in [2.45, 2.75) is 37.5 Å². The third-order valence-corrected chi connectivity index (χ3v) is 7.63. The van der Waals surface area contributed by atoms with Crippen molar-refractivity contribution >= 4 is 33.2 Å². The summed E-state index contributed by atoms with van der Waals surface area (Å²) in [5.74, 6) is -0.0258. The molecule has 170 valence electrons. The SMILES string of the molecule is CC(C)c1ccc(NC(=O)CN2C(=O)COc3ccc(S(=O)(=O)N4CCCC4)cc32)cc1. The minimum atomic E-state index is -3.66. The molecule has 0 unspecified atom stereocenters. The molecule has 32 heavy (non-hydrogen) atoms. The van der Waals surface area contributed by atoms with E-state index in [4.69, 9.17) is 4.74 Å². The molecule has 0 saturated carbocycles. The predicted octanol–water partition coefficient (Wildman–Crippen LogP) is 2.96. The highest BCUT2D eigenvalue weighted by Crippen LogP contribution is 2.35. The van der Waals surface area contributed by atoms with Crippen LogP contribution in [0.25, 0.3) is 0 Å². The number of nitrogens with one attached hydrogen (secondary N) is 1. The van der Waals surface area contributed by atoms with Crippen molar-refractivity contribution in [1.29, 1.82) is 0 Å². The van der Waals surface area contributed by atoms with E-state index in [9.17, 15) is 18.0 Å². The van der Waals surface area contributed by atoms with Gasteiger partial charge in [0.25, 0.3) is 5.91 Å². The minimum Gasteiger partial charge on any atom is -0.482 e. The Morgan fingerprint density at radius 2 is 1.78 bits per heavy atom. The molecule has 1 fully saturated rings. The molecule has 4 rings (SSSR count). The molecule has 0 aliphatic carbocycles. The van der Waals surface area contributed by atoms with Gasteiger partial charge in [0.2, 0.25) is 15.9 Å². The van der Waals surface area contributed by atoms with Gasteiger partial charge < -0.3 is 10.1 Å². The van der Waals surface area contributed by atoms with E-state index in [1.165, 1.54) is 21.3 Å². The van der Waals surface area contributed by atoms with E-state index in [1.807, 2.05) is 24.3 Å². The smallest absolute Gasteiger partial charge is 0.265 e. The number of amides is 2. The van der Waals surface area contributed by atoms with Crippen LogP contribution in [0.4, 0.5) is 11.4 Å². The molecule has 2 heterocycles. The van der Waals surface area contributed by atoms with Crippen molar-refractivity contribution in [2.75, 3.05) is 36.5 Å². The molecule has 0 bridgehead atoms. The molecule has 1 N–H and O–H groups in total. The lowest BCUT2D eigenvalue weighted by Gasteiger charge is -2.29. The maximum absolute atomic E-state index is 12.9. The van der Waals surface area contributed by atoms with Gasteiger partial charge in [-0.25, -0.2) is 8.42 Å². The van der Waals surface area contributed by atoms with E-state index >= 15 is 0 Å². The molecule has 2 aromatic carbocycles. The van der Waals surface area contributed by atoms with Crippen molar-refractivity contribution in [3.8, 4) is 5.75 Å². The summed E-state index contributed by atoms with van der Waals surface area (Å²) in [6.07, 6.45) is 1.66. The normalized spacial score (nSPS) is 16.7. The maximum atomic E-state index is 12.9. The van der Waals surface area contributed by atoms with Gasteiger partial charge in [-0.2, -0.15) is 4.31 Å². The second-order valence-electron chi connectivity index (χ2n) is 8.33. The number of carbonyl (C=O) groups is 2. The zero-order valence-corrected chi connectivity index (χ0v) is 19.0. The van der Waals surface area contributed by atoms with E-state index in [1.54, 1.807) is 6.07 Å². The van der Waals surface area contributed by atoms with Crippen LogP contribution in [0.1, 0.15) is 38.2 Å². The number of ether oxygens (including phenoxy) is 1. The standard InChI is InChI=1S/C23H27N3O5S/c1-16(2)17-5-7-18(8-6-17)24-22(27)14-26-20-13-19(9-10-21(20)31-15-23(26)28)32(29,30)25-11-3-4-12-25/h5-10,13,16H,3-4,11-12,14-15H2,1-2H3,(H,24,27). The van der Waals surface area contributed by atoms with E-state index in [-0.39, 0.29) is 29.6 Å². The van der Waals surface area contributed by atoms with Crippen LogP contribution >= 0.6 is 0 Å². The Morgan fingerprint density at radius 1 is 1.09 bits per heavy atom. The number of carbonyl (C=O) groups excluding carboxylic acids is 2. The molecule has 2 aliphatic rings. The number of anilines is 2. The highest BCUT2D eigenvalue weighted by Gasteiger charge is 2.32. The molecular weight excluding hydrogens is 430 g/mol. The number of nitrogens with zero attached hydrogens (tertiary/aromatic N) is 2. The topological polar surface area (TPSA) is 96.0 Å². The van der Waals surface area contributed by atoms with E-state index in [2.05, 4.69) is 19.2 Å². The molecule has 2 aromatic rings. The van der Waals surface area contributed by atoms with Gasteiger partial charge in [0.15, 0.2) is 6.61 Å². The number of hydrogen-bond donors (Lipinski definition) is 1. The van der Waals surface area contributed by atoms with Crippen molar-refractivity contribution in [3.63, 3.8) is 0 Å². The summed E-state index contributed by atoms with van der Waals surface area (Å²) < 4.78 is 32.8. The fraction of sp³-hybridized carbons (Fsp3) is 0.391. The zero-order valence-electron chi connectivity index (χ0n) is 18.2. The quantitative estimate of drug-likeness (QED) is 0.720. The minimum absolute atomic E-state index is 0.0890. The Morgan fingerprint density at radius 3 is 2.44 bits per heavy atom. The molecule has 2 amide bonds. The summed E-state index contributed by atoms with van der Waals surface area (Å²) >= 11 is 0. The van der Waals surface area contributed by atoms with Gasteiger partial charge >= 0.3 is 0 Å². The second kappa shape index (κ2) is 8.91. The van der Waals surface area contributed by atoms with Crippen molar-refractivity contribution in [2.24, 2.45) is 0 Å². The van der Waals surface area contributed by atoms with Gasteiger partial charge in [0.05, 0.1) is 10.6 Å². The third kappa shape index (κ3) is 4.49. The van der Waals surface area contributed by atoms with Crippen molar-refractivity contribution in [1.82, 2.24) is 4.31 Å². The molecule has 8 nitrogen and oxygen atoms in total. The fourth-order valence-electron chi connectivity index (χ4n) is 3.89. The first kappa shape index (κ1) is 22.3. The monoisotopic (exact) mass is 457 g/mol. The van der Waals surface area contributed by atoms with E-state index in [0.717, 1.165) is 18.4 Å². The largest absolute Gasteiger partial charge is 0.482 e. The van der Waals surface area contributed by atoms with Crippen LogP contribution in [0.2, 0.25) is 0 Å². The second-order valence-corrected chi connectivity index (χ2v) is 10.3. The molecular formula is C23H27N3O5S. The van der Waals surface area contributed by atoms with E-state index < -0.39 is 15.9 Å². The van der Waals surface area contributed by atoms with Gasteiger partial charge in [-0.15, -0.1) is 0 Å². The summed E-state index contributed by atoms with van der Waals surface area (Å²) in [5.41, 5.74) is 2.07. The number of rotatable bonds is 6. The summed E-state index contributed by atoms with van der Waals surface area (Å²) in [6, 6.07) is 12.0. The van der Waals surface area contributed by atoms with Crippen molar-refractivity contribution in [3.05, 3.63) is 48.0 Å². The van der Waals surface area contributed by atoms with Crippen LogP contribution in [-0.2, 0) is 19.6 Å². The van der Waals surface area contributed by atoms with Crippen LogP contribution in [0.5, 0.6) is 5.75 Å². The lowest BCUT2D eigenvalue weighted by molar-refractivity contribution is -0.123. The van der Waals surface area contributed by atoms with Crippen LogP contribution in [0.3, 0.4) is 0 Å². The predicted molar refractivity (Wildman–Crippen MR) is 121 cm³/mol. The average molecular weight is 458 g/mol. The number of benzene rings is 2. The molecule has 2 aliphatic heterocycles. The summed E-state index contributed by atoms with van der Waals surface area (Å²) in [7, 11) is -3.66. The number of hydrogen-bond acceptors (Lipinski definition) is 5. The van der Waals surface area contributed by atoms with Crippen LogP contribution in [-0.4, -0.2) is 50.8 Å². The van der Waals surface area contributed by atoms with E-state index in [0.29, 0.717) is 30.4 Å². The van der Waals surface area contributed by atoms with Gasteiger partial charge in [-0.1, -0.05) is 26.0 Å². The van der Waals surface area contributed by atoms with Gasteiger partial charge in [0.1, 0.15) is 12.3 Å². The van der Waals surface area contributed by atoms with Crippen LogP contribution < -0.4 is 15.0 Å². The van der Waals surface area contributed by atoms with Crippen LogP contribution in [0, 0.1) is 0 Å². The number of fused-ring (bicyclic) bond motifs is 1. The third-order valence-electron chi connectivity index (χ3n) is 5.74. The molecule has 1 saturated heterocycles. The highest BCUT2D eigenvalue weighted by molar-refractivity contribution is 7.89. The summed E-state index contributed by atoms with van der Waals surface area (Å²) in [5, 5.41) is 2.80. The zero-order chi connectivity index (χ0) is 22.9. The lowest BCUT2D eigenvalue weighted by atomic mass is 10.0. The van der Waals surface area contributed by atoms with Gasteiger partial charge in [-0.3, -0.25) is 14.5 Å². The van der Waals surface area contributed by atoms with Gasteiger partial charge in [-0.05, 0) is 54.7 Å². The first-order chi connectivity index (χ1) is 15.3. The molecule has 0 atom stereocenters. The lowest BCUT2D eigenvalue weighted by Crippen LogP contribution is -2.43. The van der Waals surface area contributed by atoms with Crippen molar-refractivity contribution < 1.29 is 22.7 Å². The summed E-state index contributed by atoms with van der Waals surface area (Å²) in [6.45, 7) is 4.70. The fourth-order valence-corrected chi connectivity index (χ4v) is 5.43. The first-order valence-electron chi connectivity index (χ1n) is 10.7. The summed E-state index contributed by atoms with van der Waals surface area (Å²) in [4.78, 5) is 26.6. The molecule has 9 heteroatoms. The Hall–Kier alpha value is -2.91. The Balaban J connectivity index is 1.54. The van der Waals surface area contributed by atoms with Crippen LogP contribution in [0.15, 0.2) is 47.4 Å². The van der Waals surface area contributed by atoms with Gasteiger partial charge in [0, 0.05) is 18.8 Å². The molecule has 0 radical (unpaired) electrons. The number of sulfonamides is 1.